The smallest absolute Gasteiger partial charge is 0.0594 e. The molecular formula is C13H30P+. The molecule has 0 atom stereocenters. The van der Waals surface area contributed by atoms with E-state index in [0.29, 0.717) is 0 Å². The Morgan fingerprint density at radius 1 is 0.643 bits per heavy atom. The van der Waals surface area contributed by atoms with Crippen LogP contribution in [-0.4, -0.2) is 24.6 Å². The largest absolute Gasteiger partial charge is 0.0654 e. The second-order valence-electron chi connectivity index (χ2n) is 4.48. The van der Waals surface area contributed by atoms with Gasteiger partial charge < -0.3 is 0 Å². The first-order valence-electron chi connectivity index (χ1n) is 6.59. The van der Waals surface area contributed by atoms with Gasteiger partial charge in [0.25, 0.3) is 0 Å². The summed E-state index contributed by atoms with van der Waals surface area (Å²) >= 11 is 0. The van der Waals surface area contributed by atoms with Gasteiger partial charge in [-0.2, -0.15) is 0 Å². The van der Waals surface area contributed by atoms with E-state index in [-0.39, 0.29) is 0 Å². The highest BCUT2D eigenvalue weighted by Gasteiger charge is 2.30. The first kappa shape index (κ1) is 14.4. The van der Waals surface area contributed by atoms with E-state index >= 15 is 0 Å². The summed E-state index contributed by atoms with van der Waals surface area (Å²) in [4.78, 5) is 0. The molecule has 0 aromatic heterocycles. The minimum atomic E-state index is -0.498. The van der Waals surface area contributed by atoms with Crippen molar-refractivity contribution < 1.29 is 0 Å². The molecule has 0 aromatic rings. The Labute approximate surface area is 92.2 Å². The zero-order chi connectivity index (χ0) is 10.9. The van der Waals surface area contributed by atoms with Crippen LogP contribution in [0.4, 0.5) is 0 Å². The lowest BCUT2D eigenvalue weighted by atomic mass is 10.2. The van der Waals surface area contributed by atoms with Crippen molar-refractivity contribution >= 4 is 7.26 Å². The maximum Gasteiger partial charge on any atom is 0.0594 e. The third-order valence-corrected chi connectivity index (χ3v) is 8.87. The molecule has 1 heteroatoms. The van der Waals surface area contributed by atoms with Crippen molar-refractivity contribution in [1.29, 1.82) is 0 Å². The highest BCUT2D eigenvalue weighted by Crippen LogP contribution is 2.59. The van der Waals surface area contributed by atoms with E-state index in [1.807, 2.05) is 0 Å². The molecule has 0 rings (SSSR count). The molecule has 0 aliphatic heterocycles. The van der Waals surface area contributed by atoms with Crippen molar-refractivity contribution in [1.82, 2.24) is 0 Å². The summed E-state index contributed by atoms with van der Waals surface area (Å²) < 4.78 is 0. The first-order chi connectivity index (χ1) is 6.74. The van der Waals surface area contributed by atoms with Gasteiger partial charge in [0.1, 0.15) is 0 Å². The molecule has 0 N–H and O–H groups in total. The molecule has 0 aliphatic rings. The van der Waals surface area contributed by atoms with E-state index in [1.54, 1.807) is 12.3 Å². The monoisotopic (exact) mass is 217 g/mol. The standard InChI is InChI=1S/C13H30P/c1-5-9-10-11-13-14(7-3,8-4)12-6-2/h5-13H2,1-4H3/q+1. The van der Waals surface area contributed by atoms with Crippen molar-refractivity contribution in [3.8, 4) is 0 Å². The van der Waals surface area contributed by atoms with Gasteiger partial charge in [-0.1, -0.05) is 26.7 Å². The van der Waals surface area contributed by atoms with E-state index < -0.39 is 7.26 Å². The Morgan fingerprint density at radius 3 is 1.71 bits per heavy atom. The molecular weight excluding hydrogens is 187 g/mol. The third kappa shape index (κ3) is 5.35. The molecule has 86 valence electrons. The summed E-state index contributed by atoms with van der Waals surface area (Å²) in [5, 5.41) is 0. The van der Waals surface area contributed by atoms with Crippen LogP contribution < -0.4 is 0 Å². The van der Waals surface area contributed by atoms with Crippen molar-refractivity contribution in [3.63, 3.8) is 0 Å². The predicted molar refractivity (Wildman–Crippen MR) is 72.2 cm³/mol. The molecule has 0 bridgehead atoms. The molecule has 0 radical (unpaired) electrons. The van der Waals surface area contributed by atoms with Crippen LogP contribution >= 0.6 is 7.26 Å². The normalized spacial score (nSPS) is 12.0. The second kappa shape index (κ2) is 8.72. The lowest BCUT2D eigenvalue weighted by molar-refractivity contribution is 0.702. The van der Waals surface area contributed by atoms with Gasteiger partial charge in [0.05, 0.1) is 24.6 Å². The number of rotatable bonds is 9. The van der Waals surface area contributed by atoms with Gasteiger partial charge in [-0.3, -0.25) is 0 Å². The Balaban J connectivity index is 3.82. The SMILES string of the molecule is CCCCCC[P+](CC)(CC)CCC. The summed E-state index contributed by atoms with van der Waals surface area (Å²) in [6.45, 7) is 9.50. The van der Waals surface area contributed by atoms with Gasteiger partial charge in [-0.15, -0.1) is 0 Å². The summed E-state index contributed by atoms with van der Waals surface area (Å²) in [7, 11) is -0.498. The topological polar surface area (TPSA) is 0 Å². The van der Waals surface area contributed by atoms with Crippen molar-refractivity contribution in [3.05, 3.63) is 0 Å². The fourth-order valence-corrected chi connectivity index (χ4v) is 6.10. The van der Waals surface area contributed by atoms with Gasteiger partial charge in [-0.05, 0) is 33.1 Å². The van der Waals surface area contributed by atoms with Crippen molar-refractivity contribution in [2.24, 2.45) is 0 Å². The van der Waals surface area contributed by atoms with Crippen LogP contribution in [0.25, 0.3) is 0 Å². The minimum Gasteiger partial charge on any atom is -0.0654 e. The summed E-state index contributed by atoms with van der Waals surface area (Å²) in [6.07, 6.45) is 13.3. The molecule has 0 heterocycles. The Kier molecular flexibility index (Phi) is 8.98. The summed E-state index contributed by atoms with van der Waals surface area (Å²) in [6, 6.07) is 0. The maximum atomic E-state index is 2.42. The van der Waals surface area contributed by atoms with Crippen LogP contribution in [0.2, 0.25) is 0 Å². The van der Waals surface area contributed by atoms with E-state index in [1.165, 1.54) is 44.4 Å². The molecule has 0 nitrogen and oxygen atoms in total. The van der Waals surface area contributed by atoms with Crippen LogP contribution in [0, 0.1) is 0 Å². The average molecular weight is 217 g/mol. The highest BCUT2D eigenvalue weighted by atomic mass is 31.2. The van der Waals surface area contributed by atoms with Gasteiger partial charge in [0.2, 0.25) is 0 Å². The average Bonchev–Trinajstić information content (AvgIpc) is 2.23. The quantitative estimate of drug-likeness (QED) is 0.375. The maximum absolute atomic E-state index is 2.42. The van der Waals surface area contributed by atoms with Crippen molar-refractivity contribution in [2.45, 2.75) is 59.8 Å². The van der Waals surface area contributed by atoms with Crippen molar-refractivity contribution in [2.75, 3.05) is 24.6 Å². The van der Waals surface area contributed by atoms with Crippen LogP contribution in [0.15, 0.2) is 0 Å². The van der Waals surface area contributed by atoms with Crippen LogP contribution in [0.5, 0.6) is 0 Å². The number of hydrogen-bond donors (Lipinski definition) is 0. The number of hydrogen-bond acceptors (Lipinski definition) is 0. The van der Waals surface area contributed by atoms with E-state index in [9.17, 15) is 0 Å². The fourth-order valence-electron chi connectivity index (χ4n) is 2.32. The molecule has 14 heavy (non-hydrogen) atoms. The third-order valence-electron chi connectivity index (χ3n) is 3.53. The lowest BCUT2D eigenvalue weighted by Gasteiger charge is -2.24. The molecule has 0 saturated heterocycles. The van der Waals surface area contributed by atoms with Gasteiger partial charge >= 0.3 is 0 Å². The highest BCUT2D eigenvalue weighted by molar-refractivity contribution is 7.75. The van der Waals surface area contributed by atoms with E-state index in [4.69, 9.17) is 0 Å². The summed E-state index contributed by atoms with van der Waals surface area (Å²) in [5.41, 5.74) is 0. The minimum absolute atomic E-state index is 0.498. The molecule has 0 saturated carbocycles. The first-order valence-corrected chi connectivity index (χ1v) is 9.12. The molecule has 0 amide bonds. The van der Waals surface area contributed by atoms with Crippen LogP contribution in [0.3, 0.4) is 0 Å². The van der Waals surface area contributed by atoms with E-state index in [2.05, 4.69) is 27.7 Å². The van der Waals surface area contributed by atoms with Crippen LogP contribution in [-0.2, 0) is 0 Å². The number of unbranched alkanes of at least 4 members (excludes halogenated alkanes) is 3. The molecule has 0 unspecified atom stereocenters. The molecule has 0 spiro atoms. The predicted octanol–water partition coefficient (Wildman–Crippen LogP) is 5.03. The second-order valence-corrected chi connectivity index (χ2v) is 9.32. The zero-order valence-corrected chi connectivity index (χ0v) is 11.7. The lowest BCUT2D eigenvalue weighted by Crippen LogP contribution is -2.08. The summed E-state index contributed by atoms with van der Waals surface area (Å²) in [5.74, 6) is 0. The van der Waals surface area contributed by atoms with E-state index in [0.717, 1.165) is 0 Å². The van der Waals surface area contributed by atoms with Gasteiger partial charge in [0.15, 0.2) is 0 Å². The van der Waals surface area contributed by atoms with Gasteiger partial charge in [0, 0.05) is 7.26 Å². The Morgan fingerprint density at radius 2 is 1.29 bits per heavy atom. The fraction of sp³-hybridized carbons (Fsp3) is 1.00. The zero-order valence-electron chi connectivity index (χ0n) is 10.8. The molecule has 0 aliphatic carbocycles. The van der Waals surface area contributed by atoms with Gasteiger partial charge in [-0.25, -0.2) is 0 Å². The molecule has 0 fully saturated rings. The Hall–Kier alpha value is 0.430. The Bertz CT molecular complexity index is 116. The van der Waals surface area contributed by atoms with Crippen LogP contribution in [0.1, 0.15) is 59.8 Å². The molecule has 0 aromatic carbocycles.